The zero-order valence-corrected chi connectivity index (χ0v) is 15.5. The van der Waals surface area contributed by atoms with Crippen LogP contribution >= 0.6 is 0 Å². The SMILES string of the molecule is Cc1ccc(-c2n[nH]c(=O)[nH]2)cc1NC(=O)C1CCN(c2cnccn2)CC1. The van der Waals surface area contributed by atoms with Gasteiger partial charge in [0.1, 0.15) is 5.82 Å². The molecule has 1 aliphatic heterocycles. The number of aryl methyl sites for hydroxylation is 1. The predicted octanol–water partition coefficient (Wildman–Crippen LogP) is 1.72. The predicted molar refractivity (Wildman–Crippen MR) is 105 cm³/mol. The second-order valence-electron chi connectivity index (χ2n) is 6.87. The van der Waals surface area contributed by atoms with E-state index in [-0.39, 0.29) is 17.5 Å². The molecule has 144 valence electrons. The zero-order chi connectivity index (χ0) is 19.5. The standard InChI is InChI=1S/C19H21N7O2/c1-12-2-3-14(17-23-19(28)25-24-17)10-15(12)22-18(27)13-4-8-26(9-5-13)16-11-20-6-7-21-16/h2-3,6-7,10-11,13H,4-5,8-9H2,1H3,(H,22,27)(H2,23,24,25,28). The molecular formula is C19H21N7O2. The summed E-state index contributed by atoms with van der Waals surface area (Å²) in [5.74, 6) is 1.24. The van der Waals surface area contributed by atoms with E-state index in [1.54, 1.807) is 18.6 Å². The van der Waals surface area contributed by atoms with Crippen molar-refractivity contribution < 1.29 is 4.79 Å². The third-order valence-corrected chi connectivity index (χ3v) is 5.01. The van der Waals surface area contributed by atoms with Crippen LogP contribution in [0.2, 0.25) is 0 Å². The highest BCUT2D eigenvalue weighted by Crippen LogP contribution is 2.26. The van der Waals surface area contributed by atoms with Crippen LogP contribution in [0.3, 0.4) is 0 Å². The maximum atomic E-state index is 12.8. The molecule has 3 N–H and O–H groups in total. The Bertz CT molecular complexity index is 1020. The number of benzene rings is 1. The molecule has 2 aromatic heterocycles. The summed E-state index contributed by atoms with van der Waals surface area (Å²) in [5, 5.41) is 9.33. The van der Waals surface area contributed by atoms with E-state index in [2.05, 4.69) is 35.4 Å². The van der Waals surface area contributed by atoms with E-state index in [1.165, 1.54) is 0 Å². The number of hydrogen-bond acceptors (Lipinski definition) is 6. The monoisotopic (exact) mass is 379 g/mol. The lowest BCUT2D eigenvalue weighted by Crippen LogP contribution is -2.38. The Hall–Kier alpha value is -3.49. The van der Waals surface area contributed by atoms with Crippen molar-refractivity contribution in [2.45, 2.75) is 19.8 Å². The van der Waals surface area contributed by atoms with Crippen LogP contribution in [0.25, 0.3) is 11.4 Å². The van der Waals surface area contributed by atoms with E-state index in [4.69, 9.17) is 0 Å². The van der Waals surface area contributed by atoms with Crippen molar-refractivity contribution in [2.75, 3.05) is 23.3 Å². The minimum absolute atomic E-state index is 0.00886. The maximum Gasteiger partial charge on any atom is 0.340 e. The summed E-state index contributed by atoms with van der Waals surface area (Å²) in [6, 6.07) is 5.58. The smallest absolute Gasteiger partial charge is 0.340 e. The first-order chi connectivity index (χ1) is 13.6. The van der Waals surface area contributed by atoms with Crippen molar-refractivity contribution >= 4 is 17.4 Å². The Morgan fingerprint density at radius 1 is 1.25 bits per heavy atom. The molecule has 0 radical (unpaired) electrons. The topological polar surface area (TPSA) is 120 Å². The number of H-pyrrole nitrogens is 2. The molecule has 28 heavy (non-hydrogen) atoms. The van der Waals surface area contributed by atoms with E-state index in [9.17, 15) is 9.59 Å². The third kappa shape index (κ3) is 3.78. The van der Waals surface area contributed by atoms with Gasteiger partial charge in [-0.25, -0.2) is 14.9 Å². The summed E-state index contributed by atoms with van der Waals surface area (Å²) in [6.07, 6.45) is 6.59. The van der Waals surface area contributed by atoms with Gasteiger partial charge in [0.2, 0.25) is 5.91 Å². The molecule has 9 heteroatoms. The number of hydrogen-bond donors (Lipinski definition) is 3. The highest BCUT2D eigenvalue weighted by atomic mass is 16.2. The van der Waals surface area contributed by atoms with Crippen LogP contribution in [0.4, 0.5) is 11.5 Å². The second-order valence-corrected chi connectivity index (χ2v) is 6.87. The van der Waals surface area contributed by atoms with Crippen molar-refractivity contribution in [2.24, 2.45) is 5.92 Å². The van der Waals surface area contributed by atoms with Crippen molar-refractivity contribution in [1.82, 2.24) is 25.1 Å². The summed E-state index contributed by atoms with van der Waals surface area (Å²) < 4.78 is 0. The second kappa shape index (κ2) is 7.63. The molecule has 0 bridgehead atoms. The fourth-order valence-electron chi connectivity index (χ4n) is 3.37. The Labute approximate surface area is 161 Å². The number of nitrogens with one attached hydrogen (secondary N) is 3. The van der Waals surface area contributed by atoms with Crippen molar-refractivity contribution in [3.63, 3.8) is 0 Å². The van der Waals surface area contributed by atoms with E-state index in [1.807, 2.05) is 25.1 Å². The molecule has 1 saturated heterocycles. The number of aromatic amines is 2. The van der Waals surface area contributed by atoms with E-state index >= 15 is 0 Å². The molecule has 1 aromatic carbocycles. The first kappa shape index (κ1) is 17.9. The normalized spacial score (nSPS) is 14.8. The number of piperidine rings is 1. The van der Waals surface area contributed by atoms with Crippen LogP contribution in [0.15, 0.2) is 41.6 Å². The van der Waals surface area contributed by atoms with E-state index in [0.717, 1.165) is 48.6 Å². The number of aromatic nitrogens is 5. The lowest BCUT2D eigenvalue weighted by Gasteiger charge is -2.31. The average molecular weight is 379 g/mol. The van der Waals surface area contributed by atoms with E-state index in [0.29, 0.717) is 5.82 Å². The van der Waals surface area contributed by atoms with Gasteiger partial charge in [0, 0.05) is 42.7 Å². The molecule has 0 aliphatic carbocycles. The zero-order valence-electron chi connectivity index (χ0n) is 15.5. The maximum absolute atomic E-state index is 12.8. The number of nitrogens with zero attached hydrogens (tertiary/aromatic N) is 4. The van der Waals surface area contributed by atoms with Gasteiger partial charge >= 0.3 is 5.69 Å². The molecule has 3 aromatic rings. The van der Waals surface area contributed by atoms with Crippen LogP contribution in [0, 0.1) is 12.8 Å². The molecule has 0 spiro atoms. The number of carbonyl (C=O) groups excluding carboxylic acids is 1. The van der Waals surface area contributed by atoms with Crippen LogP contribution in [-0.4, -0.2) is 44.1 Å². The summed E-state index contributed by atoms with van der Waals surface area (Å²) >= 11 is 0. The summed E-state index contributed by atoms with van der Waals surface area (Å²) in [7, 11) is 0. The van der Waals surface area contributed by atoms with Crippen LogP contribution in [0.5, 0.6) is 0 Å². The number of carbonyl (C=O) groups is 1. The lowest BCUT2D eigenvalue weighted by atomic mass is 9.95. The summed E-state index contributed by atoms with van der Waals surface area (Å²) in [4.78, 5) is 37.2. The van der Waals surface area contributed by atoms with Gasteiger partial charge in [-0.15, -0.1) is 0 Å². The number of anilines is 2. The molecule has 1 aliphatic rings. The van der Waals surface area contributed by atoms with Gasteiger partial charge in [0.25, 0.3) is 0 Å². The Balaban J connectivity index is 1.42. The lowest BCUT2D eigenvalue weighted by molar-refractivity contribution is -0.120. The van der Waals surface area contributed by atoms with Gasteiger partial charge in [-0.2, -0.15) is 5.10 Å². The quantitative estimate of drug-likeness (QED) is 0.635. The Morgan fingerprint density at radius 3 is 2.75 bits per heavy atom. The van der Waals surface area contributed by atoms with Gasteiger partial charge in [0.15, 0.2) is 5.82 Å². The van der Waals surface area contributed by atoms with Crippen molar-refractivity contribution in [3.8, 4) is 11.4 Å². The molecule has 0 atom stereocenters. The van der Waals surface area contributed by atoms with Gasteiger partial charge in [0.05, 0.1) is 6.20 Å². The van der Waals surface area contributed by atoms with Crippen LogP contribution < -0.4 is 15.9 Å². The third-order valence-electron chi connectivity index (χ3n) is 5.01. The fraction of sp³-hybridized carbons (Fsp3) is 0.316. The van der Waals surface area contributed by atoms with Crippen molar-refractivity contribution in [3.05, 3.63) is 52.8 Å². The number of rotatable bonds is 4. The van der Waals surface area contributed by atoms with Gasteiger partial charge in [-0.1, -0.05) is 12.1 Å². The minimum atomic E-state index is -0.365. The van der Waals surface area contributed by atoms with Gasteiger partial charge in [-0.05, 0) is 31.4 Å². The van der Waals surface area contributed by atoms with Crippen LogP contribution in [-0.2, 0) is 4.79 Å². The Morgan fingerprint density at radius 2 is 2.07 bits per heavy atom. The Kier molecular flexibility index (Phi) is 4.88. The van der Waals surface area contributed by atoms with Gasteiger partial charge in [-0.3, -0.25) is 14.8 Å². The first-order valence-electron chi connectivity index (χ1n) is 9.17. The molecule has 0 unspecified atom stereocenters. The molecule has 4 rings (SSSR count). The summed E-state index contributed by atoms with van der Waals surface area (Å²) in [5.41, 5.74) is 2.04. The van der Waals surface area contributed by atoms with E-state index < -0.39 is 0 Å². The fourth-order valence-corrected chi connectivity index (χ4v) is 3.37. The molecule has 0 saturated carbocycles. The first-order valence-corrected chi connectivity index (χ1v) is 9.17. The molecular weight excluding hydrogens is 358 g/mol. The minimum Gasteiger partial charge on any atom is -0.355 e. The van der Waals surface area contributed by atoms with Crippen molar-refractivity contribution in [1.29, 1.82) is 0 Å². The molecule has 1 fully saturated rings. The largest absolute Gasteiger partial charge is 0.355 e. The van der Waals surface area contributed by atoms with Crippen LogP contribution in [0.1, 0.15) is 18.4 Å². The molecule has 3 heterocycles. The molecule has 9 nitrogen and oxygen atoms in total. The number of amides is 1. The molecule has 1 amide bonds. The average Bonchev–Trinajstić information content (AvgIpc) is 3.17. The highest BCUT2D eigenvalue weighted by molar-refractivity contribution is 5.94. The summed E-state index contributed by atoms with van der Waals surface area (Å²) in [6.45, 7) is 3.47. The highest BCUT2D eigenvalue weighted by Gasteiger charge is 2.26. The van der Waals surface area contributed by atoms with Gasteiger partial charge < -0.3 is 10.2 Å².